The minimum atomic E-state index is -0.0320. The summed E-state index contributed by atoms with van der Waals surface area (Å²) in [5.41, 5.74) is 4.92. The maximum Gasteiger partial charge on any atom is 0.258 e. The molecule has 1 atom stereocenters. The predicted molar refractivity (Wildman–Crippen MR) is 105 cm³/mol. The van der Waals surface area contributed by atoms with Crippen LogP contribution in [0, 0.1) is 13.8 Å². The number of anilines is 2. The lowest BCUT2D eigenvalue weighted by molar-refractivity contribution is 0.0984. The molecule has 1 aliphatic heterocycles. The zero-order valence-corrected chi connectivity index (χ0v) is 16.1. The molecule has 138 valence electrons. The highest BCUT2D eigenvalue weighted by Crippen LogP contribution is 2.36. The number of carbonyl (C=O) groups is 1. The number of rotatable bonds is 4. The molecule has 0 aromatic heterocycles. The van der Waals surface area contributed by atoms with E-state index in [1.807, 2.05) is 4.90 Å². The molecule has 1 unspecified atom stereocenters. The SMILES string of the molecule is CCC1CN(C(=O)c2ccc(OC)c(OC)c2)c2cc(C)c(C)cc2N1. The van der Waals surface area contributed by atoms with E-state index in [9.17, 15) is 4.79 Å². The van der Waals surface area contributed by atoms with Crippen molar-refractivity contribution in [3.05, 3.63) is 47.0 Å². The molecular weight excluding hydrogens is 328 g/mol. The van der Waals surface area contributed by atoms with Crippen molar-refractivity contribution in [2.45, 2.75) is 33.2 Å². The smallest absolute Gasteiger partial charge is 0.258 e. The number of hydrogen-bond donors (Lipinski definition) is 1. The van der Waals surface area contributed by atoms with E-state index >= 15 is 0 Å². The fraction of sp³-hybridized carbons (Fsp3) is 0.381. The van der Waals surface area contributed by atoms with Gasteiger partial charge in [-0.15, -0.1) is 0 Å². The molecule has 2 aromatic carbocycles. The number of amides is 1. The molecule has 1 N–H and O–H groups in total. The summed E-state index contributed by atoms with van der Waals surface area (Å²) in [4.78, 5) is 15.2. The van der Waals surface area contributed by atoms with Crippen LogP contribution in [0.15, 0.2) is 30.3 Å². The molecule has 3 rings (SSSR count). The molecule has 0 fully saturated rings. The summed E-state index contributed by atoms with van der Waals surface area (Å²) in [5, 5.41) is 3.55. The van der Waals surface area contributed by atoms with Crippen LogP contribution in [0.4, 0.5) is 11.4 Å². The highest BCUT2D eigenvalue weighted by Gasteiger charge is 2.29. The summed E-state index contributed by atoms with van der Waals surface area (Å²) >= 11 is 0. The molecule has 0 bridgehead atoms. The first-order valence-electron chi connectivity index (χ1n) is 8.90. The average Bonchev–Trinajstić information content (AvgIpc) is 2.67. The Labute approximate surface area is 154 Å². The standard InChI is InChI=1S/C21H26N2O3/c1-6-16-12-23(18-10-14(3)13(2)9-17(18)22-16)21(24)15-7-8-19(25-4)20(11-15)26-5/h7-11,16,22H,6,12H2,1-5H3. The van der Waals surface area contributed by atoms with Crippen molar-refractivity contribution in [3.63, 3.8) is 0 Å². The van der Waals surface area contributed by atoms with Crippen LogP contribution < -0.4 is 19.7 Å². The number of aryl methyl sites for hydroxylation is 2. The number of hydrogen-bond acceptors (Lipinski definition) is 4. The first-order valence-corrected chi connectivity index (χ1v) is 8.90. The Hall–Kier alpha value is -2.69. The van der Waals surface area contributed by atoms with E-state index in [0.29, 0.717) is 23.6 Å². The molecule has 1 aliphatic rings. The highest BCUT2D eigenvalue weighted by atomic mass is 16.5. The maximum absolute atomic E-state index is 13.3. The number of carbonyl (C=O) groups excluding carboxylic acids is 1. The molecule has 2 aromatic rings. The third-order valence-electron chi connectivity index (χ3n) is 5.03. The zero-order valence-electron chi connectivity index (χ0n) is 16.1. The van der Waals surface area contributed by atoms with Gasteiger partial charge in [-0.3, -0.25) is 4.79 Å². The molecule has 5 nitrogen and oxygen atoms in total. The van der Waals surface area contributed by atoms with Gasteiger partial charge in [0.2, 0.25) is 0 Å². The molecule has 0 aliphatic carbocycles. The van der Waals surface area contributed by atoms with E-state index < -0.39 is 0 Å². The lowest BCUT2D eigenvalue weighted by Gasteiger charge is -2.36. The van der Waals surface area contributed by atoms with E-state index in [1.54, 1.807) is 32.4 Å². The summed E-state index contributed by atoms with van der Waals surface area (Å²) in [6.07, 6.45) is 0.947. The van der Waals surface area contributed by atoms with Crippen molar-refractivity contribution in [1.82, 2.24) is 0 Å². The van der Waals surface area contributed by atoms with Crippen LogP contribution in [0.1, 0.15) is 34.8 Å². The average molecular weight is 354 g/mol. The van der Waals surface area contributed by atoms with Gasteiger partial charge in [0, 0.05) is 18.2 Å². The normalized spacial score (nSPS) is 15.9. The Kier molecular flexibility index (Phi) is 5.07. The lowest BCUT2D eigenvalue weighted by Crippen LogP contribution is -2.44. The molecular formula is C21H26N2O3. The van der Waals surface area contributed by atoms with Gasteiger partial charge in [0.1, 0.15) is 0 Å². The van der Waals surface area contributed by atoms with Gasteiger partial charge in [0.15, 0.2) is 11.5 Å². The van der Waals surface area contributed by atoms with E-state index in [4.69, 9.17) is 9.47 Å². The van der Waals surface area contributed by atoms with Crippen LogP contribution in [-0.4, -0.2) is 32.7 Å². The largest absolute Gasteiger partial charge is 0.493 e. The fourth-order valence-corrected chi connectivity index (χ4v) is 3.27. The third-order valence-corrected chi connectivity index (χ3v) is 5.03. The molecule has 26 heavy (non-hydrogen) atoms. The van der Waals surface area contributed by atoms with Gasteiger partial charge < -0.3 is 19.7 Å². The van der Waals surface area contributed by atoms with E-state index in [0.717, 1.165) is 17.8 Å². The predicted octanol–water partition coefficient (Wildman–Crippen LogP) is 4.17. The maximum atomic E-state index is 13.3. The van der Waals surface area contributed by atoms with Crippen LogP contribution >= 0.6 is 0 Å². The number of nitrogens with one attached hydrogen (secondary N) is 1. The van der Waals surface area contributed by atoms with Crippen molar-refractivity contribution in [2.24, 2.45) is 0 Å². The molecule has 1 heterocycles. The first-order chi connectivity index (χ1) is 12.5. The summed E-state index contributed by atoms with van der Waals surface area (Å²) in [7, 11) is 3.16. The summed E-state index contributed by atoms with van der Waals surface area (Å²) in [6.45, 7) is 6.93. The second kappa shape index (κ2) is 7.28. The Bertz CT molecular complexity index is 832. The second-order valence-electron chi connectivity index (χ2n) is 6.69. The van der Waals surface area contributed by atoms with Crippen LogP contribution in [0.2, 0.25) is 0 Å². The van der Waals surface area contributed by atoms with Gasteiger partial charge >= 0.3 is 0 Å². The minimum Gasteiger partial charge on any atom is -0.493 e. The van der Waals surface area contributed by atoms with Crippen LogP contribution in [0.5, 0.6) is 11.5 Å². The van der Waals surface area contributed by atoms with Gasteiger partial charge in [0.25, 0.3) is 5.91 Å². The topological polar surface area (TPSA) is 50.8 Å². The Balaban J connectivity index is 2.03. The Morgan fingerprint density at radius 2 is 1.81 bits per heavy atom. The van der Waals surface area contributed by atoms with E-state index in [2.05, 4.69) is 38.2 Å². The van der Waals surface area contributed by atoms with Gasteiger partial charge in [-0.2, -0.15) is 0 Å². The summed E-state index contributed by atoms with van der Waals surface area (Å²) < 4.78 is 10.6. The molecule has 0 saturated carbocycles. The van der Waals surface area contributed by atoms with Gasteiger partial charge in [0.05, 0.1) is 25.6 Å². The van der Waals surface area contributed by atoms with Crippen molar-refractivity contribution in [1.29, 1.82) is 0 Å². The Morgan fingerprint density at radius 1 is 1.12 bits per heavy atom. The van der Waals surface area contributed by atoms with Crippen LogP contribution in [-0.2, 0) is 0 Å². The van der Waals surface area contributed by atoms with Crippen molar-refractivity contribution >= 4 is 17.3 Å². The van der Waals surface area contributed by atoms with Crippen molar-refractivity contribution < 1.29 is 14.3 Å². The first kappa shape index (κ1) is 18.1. The summed E-state index contributed by atoms with van der Waals surface area (Å²) in [5.74, 6) is 1.14. The monoisotopic (exact) mass is 354 g/mol. The van der Waals surface area contributed by atoms with Crippen LogP contribution in [0.3, 0.4) is 0 Å². The van der Waals surface area contributed by atoms with E-state index in [1.165, 1.54) is 11.1 Å². The van der Waals surface area contributed by atoms with Crippen molar-refractivity contribution in [3.8, 4) is 11.5 Å². The molecule has 0 spiro atoms. The fourth-order valence-electron chi connectivity index (χ4n) is 3.27. The van der Waals surface area contributed by atoms with Crippen LogP contribution in [0.25, 0.3) is 0 Å². The van der Waals surface area contributed by atoms with Gasteiger partial charge in [-0.25, -0.2) is 0 Å². The van der Waals surface area contributed by atoms with Crippen molar-refractivity contribution in [2.75, 3.05) is 31.0 Å². The highest BCUT2D eigenvalue weighted by molar-refractivity contribution is 6.08. The zero-order chi connectivity index (χ0) is 18.8. The molecule has 1 amide bonds. The third kappa shape index (κ3) is 3.21. The number of methoxy groups -OCH3 is 2. The molecule has 0 saturated heterocycles. The Morgan fingerprint density at radius 3 is 2.46 bits per heavy atom. The molecule has 0 radical (unpaired) electrons. The van der Waals surface area contributed by atoms with Gasteiger partial charge in [-0.05, 0) is 61.7 Å². The lowest BCUT2D eigenvalue weighted by atomic mass is 10.0. The van der Waals surface area contributed by atoms with Gasteiger partial charge in [-0.1, -0.05) is 6.92 Å². The molecule has 5 heteroatoms. The quantitative estimate of drug-likeness (QED) is 0.895. The number of ether oxygens (including phenoxy) is 2. The summed E-state index contributed by atoms with van der Waals surface area (Å²) in [6, 6.07) is 9.74. The number of nitrogens with zero attached hydrogens (tertiary/aromatic N) is 1. The number of benzene rings is 2. The minimum absolute atomic E-state index is 0.0320. The second-order valence-corrected chi connectivity index (χ2v) is 6.69. The number of fused-ring (bicyclic) bond motifs is 1. The van der Waals surface area contributed by atoms with E-state index in [-0.39, 0.29) is 11.9 Å².